The van der Waals surface area contributed by atoms with Crippen molar-refractivity contribution in [2.45, 2.75) is 18.8 Å². The van der Waals surface area contributed by atoms with Gasteiger partial charge < -0.3 is 19.3 Å². The summed E-state index contributed by atoms with van der Waals surface area (Å²) in [6.45, 7) is 1.83. The lowest BCUT2D eigenvalue weighted by molar-refractivity contribution is -0.201. The molecule has 2 atom stereocenters. The minimum Gasteiger partial charge on any atom is -0.497 e. The molecule has 3 rings (SSSR count). The Bertz CT molecular complexity index is 697. The minimum absolute atomic E-state index is 0.478. The summed E-state index contributed by atoms with van der Waals surface area (Å²) in [6, 6.07) is 14.7. The maximum atomic E-state index is 11.3. The van der Waals surface area contributed by atoms with Crippen LogP contribution in [0.25, 0.3) is 0 Å². The van der Waals surface area contributed by atoms with Crippen molar-refractivity contribution in [1.29, 1.82) is 0 Å². The van der Waals surface area contributed by atoms with Crippen molar-refractivity contribution in [2.75, 3.05) is 7.11 Å². The highest BCUT2D eigenvalue weighted by Gasteiger charge is 2.43. The molecular formula is C17H16O5. The maximum Gasteiger partial charge on any atom is 0.373 e. The van der Waals surface area contributed by atoms with Crippen LogP contribution in [0.4, 0.5) is 0 Å². The standard InChI is InChI=1S/C17H16O5/c1-17(11-6-4-3-5-7-11)13-10-12(20-2)8-9-14(13)21-16(22-17)15(18)19/h3-10,16H,1-2H3,(H,18,19). The molecule has 1 aliphatic heterocycles. The highest BCUT2D eigenvalue weighted by Crippen LogP contribution is 2.44. The Morgan fingerprint density at radius 2 is 1.95 bits per heavy atom. The summed E-state index contributed by atoms with van der Waals surface area (Å²) in [5.41, 5.74) is 0.640. The van der Waals surface area contributed by atoms with Crippen LogP contribution in [0.1, 0.15) is 18.1 Å². The molecule has 0 fully saturated rings. The van der Waals surface area contributed by atoms with Crippen LogP contribution in [0.5, 0.6) is 11.5 Å². The number of ether oxygens (including phenoxy) is 3. The van der Waals surface area contributed by atoms with Crippen LogP contribution < -0.4 is 9.47 Å². The maximum absolute atomic E-state index is 11.3. The third-order valence-electron chi connectivity index (χ3n) is 3.80. The van der Waals surface area contributed by atoms with E-state index in [4.69, 9.17) is 14.2 Å². The van der Waals surface area contributed by atoms with Gasteiger partial charge in [-0.15, -0.1) is 0 Å². The zero-order valence-corrected chi connectivity index (χ0v) is 12.3. The summed E-state index contributed by atoms with van der Waals surface area (Å²) in [4.78, 5) is 11.3. The Hall–Kier alpha value is -2.53. The van der Waals surface area contributed by atoms with E-state index in [1.165, 1.54) is 0 Å². The van der Waals surface area contributed by atoms with Crippen molar-refractivity contribution in [3.8, 4) is 11.5 Å². The summed E-state index contributed by atoms with van der Waals surface area (Å²) in [7, 11) is 1.58. The number of carboxylic acids is 1. The highest BCUT2D eigenvalue weighted by atomic mass is 16.7. The number of benzene rings is 2. The van der Waals surface area contributed by atoms with Gasteiger partial charge >= 0.3 is 5.97 Å². The molecule has 0 saturated heterocycles. The molecule has 0 saturated carbocycles. The monoisotopic (exact) mass is 300 g/mol. The number of methoxy groups -OCH3 is 1. The molecule has 0 radical (unpaired) electrons. The predicted molar refractivity (Wildman–Crippen MR) is 79.0 cm³/mol. The fraction of sp³-hybridized carbons (Fsp3) is 0.235. The van der Waals surface area contributed by atoms with Crippen molar-refractivity contribution in [3.63, 3.8) is 0 Å². The highest BCUT2D eigenvalue weighted by molar-refractivity contribution is 5.72. The summed E-state index contributed by atoms with van der Waals surface area (Å²) >= 11 is 0. The lowest BCUT2D eigenvalue weighted by Crippen LogP contribution is -2.44. The lowest BCUT2D eigenvalue weighted by atomic mass is 9.86. The van der Waals surface area contributed by atoms with Crippen molar-refractivity contribution >= 4 is 5.97 Å². The van der Waals surface area contributed by atoms with Gasteiger partial charge in [0.2, 0.25) is 0 Å². The van der Waals surface area contributed by atoms with Crippen molar-refractivity contribution < 1.29 is 24.1 Å². The Morgan fingerprint density at radius 3 is 2.59 bits per heavy atom. The molecule has 0 bridgehead atoms. The average Bonchev–Trinajstić information content (AvgIpc) is 2.55. The SMILES string of the molecule is COc1ccc2c(c1)C(C)(c1ccccc1)OC(C(=O)O)O2. The molecule has 1 heterocycles. The van der Waals surface area contributed by atoms with Gasteiger partial charge in [0.15, 0.2) is 0 Å². The topological polar surface area (TPSA) is 65.0 Å². The van der Waals surface area contributed by atoms with E-state index < -0.39 is 17.9 Å². The number of fused-ring (bicyclic) bond motifs is 1. The fourth-order valence-corrected chi connectivity index (χ4v) is 2.61. The Kier molecular flexibility index (Phi) is 3.50. The molecule has 114 valence electrons. The first-order valence-corrected chi connectivity index (χ1v) is 6.86. The zero-order chi connectivity index (χ0) is 15.7. The van der Waals surface area contributed by atoms with Crippen molar-refractivity contribution in [2.24, 2.45) is 0 Å². The summed E-state index contributed by atoms with van der Waals surface area (Å²) in [5, 5.41) is 9.27. The van der Waals surface area contributed by atoms with Crippen LogP contribution in [-0.4, -0.2) is 24.5 Å². The second-order valence-corrected chi connectivity index (χ2v) is 5.17. The third-order valence-corrected chi connectivity index (χ3v) is 3.80. The molecule has 22 heavy (non-hydrogen) atoms. The molecule has 1 N–H and O–H groups in total. The van der Waals surface area contributed by atoms with E-state index in [9.17, 15) is 9.90 Å². The molecule has 5 heteroatoms. The van der Waals surface area contributed by atoms with E-state index in [-0.39, 0.29) is 0 Å². The molecule has 2 aromatic rings. The van der Waals surface area contributed by atoms with Gasteiger partial charge in [-0.05, 0) is 30.7 Å². The first-order chi connectivity index (χ1) is 10.5. The number of rotatable bonds is 3. The second kappa shape index (κ2) is 5.35. The molecule has 1 aliphatic rings. The molecule has 0 aromatic heterocycles. The van der Waals surface area contributed by atoms with E-state index in [0.29, 0.717) is 11.5 Å². The normalized spacial score (nSPS) is 23.3. The van der Waals surface area contributed by atoms with E-state index in [1.807, 2.05) is 37.3 Å². The Balaban J connectivity index is 2.18. The fourth-order valence-electron chi connectivity index (χ4n) is 2.61. The molecule has 2 aromatic carbocycles. The molecule has 0 amide bonds. The number of carboxylic acid groups (broad SMARTS) is 1. The van der Waals surface area contributed by atoms with Gasteiger partial charge in [-0.25, -0.2) is 4.79 Å². The van der Waals surface area contributed by atoms with Gasteiger partial charge in [-0.2, -0.15) is 0 Å². The van der Waals surface area contributed by atoms with E-state index in [1.54, 1.807) is 25.3 Å². The Labute approximate surface area is 128 Å². The quantitative estimate of drug-likeness (QED) is 0.944. The minimum atomic E-state index is -1.36. The largest absolute Gasteiger partial charge is 0.497 e. The second-order valence-electron chi connectivity index (χ2n) is 5.17. The van der Waals surface area contributed by atoms with Crippen LogP contribution >= 0.6 is 0 Å². The van der Waals surface area contributed by atoms with Crippen LogP contribution in [0.15, 0.2) is 48.5 Å². The smallest absolute Gasteiger partial charge is 0.373 e. The van der Waals surface area contributed by atoms with E-state index >= 15 is 0 Å². The van der Waals surface area contributed by atoms with Gasteiger partial charge in [0.1, 0.15) is 17.1 Å². The molecular weight excluding hydrogens is 284 g/mol. The summed E-state index contributed by atoms with van der Waals surface area (Å²) < 4.78 is 16.5. The van der Waals surface area contributed by atoms with Crippen LogP contribution in [0.3, 0.4) is 0 Å². The molecule has 0 aliphatic carbocycles. The molecule has 2 unspecified atom stereocenters. The van der Waals surface area contributed by atoms with Crippen LogP contribution in [-0.2, 0) is 15.1 Å². The third kappa shape index (κ3) is 2.29. The number of hydrogen-bond donors (Lipinski definition) is 1. The van der Waals surface area contributed by atoms with E-state index in [0.717, 1.165) is 11.1 Å². The van der Waals surface area contributed by atoms with Gasteiger partial charge in [0.25, 0.3) is 6.29 Å². The van der Waals surface area contributed by atoms with Crippen LogP contribution in [0.2, 0.25) is 0 Å². The molecule has 5 nitrogen and oxygen atoms in total. The first kappa shape index (κ1) is 14.4. The average molecular weight is 300 g/mol. The number of hydrogen-bond acceptors (Lipinski definition) is 4. The first-order valence-electron chi connectivity index (χ1n) is 6.86. The summed E-state index contributed by atoms with van der Waals surface area (Å²) in [6.07, 6.45) is -1.36. The van der Waals surface area contributed by atoms with E-state index in [2.05, 4.69) is 0 Å². The number of carbonyl (C=O) groups is 1. The zero-order valence-electron chi connectivity index (χ0n) is 12.3. The van der Waals surface area contributed by atoms with Crippen molar-refractivity contribution in [3.05, 3.63) is 59.7 Å². The molecule has 0 spiro atoms. The predicted octanol–water partition coefficient (Wildman–Crippen LogP) is 2.78. The summed E-state index contributed by atoms with van der Waals surface area (Å²) in [5.74, 6) is -0.0312. The van der Waals surface area contributed by atoms with Gasteiger partial charge in [0.05, 0.1) is 7.11 Å². The number of aliphatic carboxylic acids is 1. The van der Waals surface area contributed by atoms with Gasteiger partial charge in [0, 0.05) is 5.56 Å². The Morgan fingerprint density at radius 1 is 1.23 bits per heavy atom. The van der Waals surface area contributed by atoms with Gasteiger partial charge in [-0.1, -0.05) is 30.3 Å². The lowest BCUT2D eigenvalue weighted by Gasteiger charge is -2.39. The van der Waals surface area contributed by atoms with Crippen LogP contribution in [0, 0.1) is 0 Å². The van der Waals surface area contributed by atoms with Gasteiger partial charge in [-0.3, -0.25) is 0 Å². The van der Waals surface area contributed by atoms with Crippen molar-refractivity contribution in [1.82, 2.24) is 0 Å².